The third-order valence-electron chi connectivity index (χ3n) is 0.400. The Hall–Kier alpha value is 0.01000. The summed E-state index contributed by atoms with van der Waals surface area (Å²) in [6.07, 6.45) is -0.361. The molecule has 0 fully saturated rings. The topological polar surface area (TPSA) is 54.4 Å². The van der Waals surface area contributed by atoms with Crippen LogP contribution in [0.3, 0.4) is 0 Å². The molecule has 0 aromatic heterocycles. The minimum atomic E-state index is -1.06. The van der Waals surface area contributed by atoms with Gasteiger partial charge in [0.15, 0.2) is 0 Å². The Kier molecular flexibility index (Phi) is 26.5. The van der Waals surface area contributed by atoms with E-state index in [0.717, 1.165) is 0 Å². The molecule has 0 aliphatic heterocycles. The van der Waals surface area contributed by atoms with E-state index in [4.69, 9.17) is 5.11 Å². The molecule has 64 valence electrons. The van der Waals surface area contributed by atoms with E-state index < -0.39 is 5.97 Å². The van der Waals surface area contributed by atoms with Gasteiger partial charge < -0.3 is 5.11 Å². The number of halogens is 3. The highest BCUT2D eigenvalue weighted by Gasteiger charge is 1.98. The van der Waals surface area contributed by atoms with Gasteiger partial charge in [-0.2, -0.15) is 0 Å². The lowest BCUT2D eigenvalue weighted by Crippen LogP contribution is -2.00. The molecular weight excluding hydrogens is 202 g/mol. The minimum Gasteiger partial charge on any atom is -0.481 e. The van der Waals surface area contributed by atoms with Crippen molar-refractivity contribution in [2.24, 2.45) is 0 Å². The van der Waals surface area contributed by atoms with Crippen molar-refractivity contribution >= 4 is 49.0 Å². The van der Waals surface area contributed by atoms with Gasteiger partial charge >= 0.3 is 5.97 Å². The van der Waals surface area contributed by atoms with Crippen LogP contribution in [0, 0.1) is 0 Å². The lowest BCUT2D eigenvalue weighted by Gasteiger charge is -1.80. The fourth-order valence-electron chi connectivity index (χ4n) is 0.213. The lowest BCUT2D eigenvalue weighted by molar-refractivity contribution is -0.139. The number of rotatable bonds is 2. The maximum absolute atomic E-state index is 9.87. The maximum Gasteiger partial charge on any atom is 0.310 e. The van der Waals surface area contributed by atoms with Crippen LogP contribution in [0.1, 0.15) is 13.3 Å². The van der Waals surface area contributed by atoms with E-state index in [0.29, 0.717) is 0 Å². The summed E-state index contributed by atoms with van der Waals surface area (Å²) in [5.41, 5.74) is 0. The van der Waals surface area contributed by atoms with Crippen LogP contribution in [-0.4, -0.2) is 16.9 Å². The van der Waals surface area contributed by atoms with Crippen LogP contribution in [0.2, 0.25) is 0 Å². The van der Waals surface area contributed by atoms with Gasteiger partial charge in [-0.3, -0.25) is 9.59 Å². The molecule has 0 aliphatic rings. The number of carbonyl (C=O) groups excluding carboxylic acids is 1. The predicted octanol–water partition coefficient (Wildman–Crippen LogP) is 1.32. The average molecular weight is 211 g/mol. The van der Waals surface area contributed by atoms with E-state index >= 15 is 0 Å². The molecule has 0 aromatic carbocycles. The molecule has 6 heteroatoms. The fraction of sp³-hybridized carbons (Fsp3) is 0.500. The Bertz CT molecular complexity index is 91.9. The van der Waals surface area contributed by atoms with Crippen molar-refractivity contribution in [2.45, 2.75) is 13.3 Å². The number of carboxylic acids is 1. The molecule has 0 radical (unpaired) electrons. The molecule has 0 unspecified atom stereocenters. The van der Waals surface area contributed by atoms with Crippen LogP contribution in [0.5, 0.6) is 0 Å². The van der Waals surface area contributed by atoms with Gasteiger partial charge in [-0.1, -0.05) is 0 Å². The summed E-state index contributed by atoms with van der Waals surface area (Å²) in [6, 6.07) is 0. The van der Waals surface area contributed by atoms with Crippen molar-refractivity contribution in [3.05, 3.63) is 0 Å². The fourth-order valence-corrected chi connectivity index (χ4v) is 0.213. The molecule has 0 bridgehead atoms. The quantitative estimate of drug-likeness (QED) is 0.701. The zero-order valence-electron chi connectivity index (χ0n) is 5.20. The lowest BCUT2D eigenvalue weighted by atomic mass is 10.3. The number of carboxylic acid groups (broad SMARTS) is 1. The first kappa shape index (κ1) is 22.5. The number of aliphatic carboxylic acids is 1. The van der Waals surface area contributed by atoms with Crippen molar-refractivity contribution in [3.63, 3.8) is 0 Å². The largest absolute Gasteiger partial charge is 0.481 e. The number of ketones is 1. The summed E-state index contributed by atoms with van der Waals surface area (Å²) in [6.45, 7) is 1.24. The molecule has 0 atom stereocenters. The Morgan fingerprint density at radius 3 is 1.50 bits per heavy atom. The first-order valence-electron chi connectivity index (χ1n) is 1.84. The van der Waals surface area contributed by atoms with E-state index in [-0.39, 0.29) is 49.4 Å². The average Bonchev–Trinajstić information content (AvgIpc) is 1.27. The van der Waals surface area contributed by atoms with Gasteiger partial charge in [-0.25, -0.2) is 0 Å². The maximum atomic E-state index is 9.87. The summed E-state index contributed by atoms with van der Waals surface area (Å²) in [7, 11) is 0. The molecule has 0 aromatic rings. The first-order chi connectivity index (χ1) is 3.13. The summed E-state index contributed by atoms with van der Waals surface area (Å²) in [5, 5.41) is 7.86. The Morgan fingerprint density at radius 2 is 1.50 bits per heavy atom. The SMILES string of the molecule is CC(=O)CC(=O)O.Cl.Cl.Cl. The molecule has 0 amide bonds. The van der Waals surface area contributed by atoms with Crippen LogP contribution in [0.15, 0.2) is 0 Å². The van der Waals surface area contributed by atoms with Crippen molar-refractivity contribution in [2.75, 3.05) is 0 Å². The molecule has 0 aliphatic carbocycles. The Labute approximate surface area is 77.4 Å². The monoisotopic (exact) mass is 210 g/mol. The van der Waals surface area contributed by atoms with Gasteiger partial charge in [0.05, 0.1) is 0 Å². The van der Waals surface area contributed by atoms with Crippen LogP contribution < -0.4 is 0 Å². The summed E-state index contributed by atoms with van der Waals surface area (Å²) < 4.78 is 0. The number of carbonyl (C=O) groups is 2. The zero-order valence-corrected chi connectivity index (χ0v) is 7.65. The summed E-state index contributed by atoms with van der Waals surface area (Å²) in [5.74, 6) is -1.37. The molecule has 0 rings (SSSR count). The number of hydrogen-bond donors (Lipinski definition) is 1. The van der Waals surface area contributed by atoms with Gasteiger partial charge in [-0.05, 0) is 6.92 Å². The third-order valence-corrected chi connectivity index (χ3v) is 0.400. The van der Waals surface area contributed by atoms with Crippen LogP contribution >= 0.6 is 37.2 Å². The second-order valence-corrected chi connectivity index (χ2v) is 1.27. The molecule has 0 saturated heterocycles. The molecule has 0 heterocycles. The van der Waals surface area contributed by atoms with E-state index in [1.165, 1.54) is 6.92 Å². The number of Topliss-reactive ketones (excluding diaryl/α,β-unsaturated/α-hetero) is 1. The van der Waals surface area contributed by atoms with Crippen molar-refractivity contribution in [1.82, 2.24) is 0 Å². The van der Waals surface area contributed by atoms with Gasteiger partial charge in [0.25, 0.3) is 0 Å². The Balaban J connectivity index is -0.0000000600. The smallest absolute Gasteiger partial charge is 0.310 e. The van der Waals surface area contributed by atoms with E-state index in [9.17, 15) is 9.59 Å². The van der Waals surface area contributed by atoms with Gasteiger partial charge in [0.2, 0.25) is 0 Å². The molecule has 0 saturated carbocycles. The molecule has 3 nitrogen and oxygen atoms in total. The van der Waals surface area contributed by atoms with E-state index in [2.05, 4.69) is 0 Å². The van der Waals surface area contributed by atoms with Gasteiger partial charge in [0.1, 0.15) is 12.2 Å². The van der Waals surface area contributed by atoms with Gasteiger partial charge in [-0.15, -0.1) is 37.2 Å². The zero-order chi connectivity index (χ0) is 5.86. The van der Waals surface area contributed by atoms with Crippen LogP contribution in [0.25, 0.3) is 0 Å². The van der Waals surface area contributed by atoms with Crippen LogP contribution in [0.4, 0.5) is 0 Å². The minimum absolute atomic E-state index is 0. The Morgan fingerprint density at radius 1 is 1.20 bits per heavy atom. The third kappa shape index (κ3) is 24.5. The van der Waals surface area contributed by atoms with Crippen molar-refractivity contribution < 1.29 is 14.7 Å². The molecule has 0 spiro atoms. The second-order valence-electron chi connectivity index (χ2n) is 1.27. The highest BCUT2D eigenvalue weighted by Crippen LogP contribution is 1.77. The van der Waals surface area contributed by atoms with E-state index in [1.54, 1.807) is 0 Å². The highest BCUT2D eigenvalue weighted by atomic mass is 35.5. The molecule has 10 heavy (non-hydrogen) atoms. The number of hydrogen-bond acceptors (Lipinski definition) is 2. The standard InChI is InChI=1S/C4H6O3.3ClH/c1-3(5)2-4(6)7;;;/h2H2,1H3,(H,6,7);3*1H. The molecule has 1 N–H and O–H groups in total. The summed E-state index contributed by atoms with van der Waals surface area (Å²) >= 11 is 0. The second kappa shape index (κ2) is 11.8. The van der Waals surface area contributed by atoms with Gasteiger partial charge in [0, 0.05) is 0 Å². The normalized spacial score (nSPS) is 5.70. The molecular formula is C4H9Cl3O3. The van der Waals surface area contributed by atoms with E-state index in [1.807, 2.05) is 0 Å². The van der Waals surface area contributed by atoms with Crippen LogP contribution in [-0.2, 0) is 9.59 Å². The predicted molar refractivity (Wildman–Crippen MR) is 44.7 cm³/mol. The first-order valence-corrected chi connectivity index (χ1v) is 1.84. The highest BCUT2D eigenvalue weighted by molar-refractivity contribution is 5.93. The summed E-state index contributed by atoms with van der Waals surface area (Å²) in [4.78, 5) is 19.5. The van der Waals surface area contributed by atoms with Crippen molar-refractivity contribution in [3.8, 4) is 0 Å². The van der Waals surface area contributed by atoms with Crippen molar-refractivity contribution in [1.29, 1.82) is 0 Å².